The lowest BCUT2D eigenvalue weighted by Gasteiger charge is -2.08. The minimum atomic E-state index is 0.000557. The average molecular weight is 316 g/mol. The number of nitrogen functional groups attached to an aromatic ring is 1. The van der Waals surface area contributed by atoms with Gasteiger partial charge in [0.15, 0.2) is 0 Å². The maximum Gasteiger partial charge on any atom is 0.215 e. The molecule has 0 aliphatic carbocycles. The van der Waals surface area contributed by atoms with Crippen LogP contribution in [0.4, 0.5) is 5.69 Å². The number of anilines is 1. The number of pyridine rings is 1. The number of nitrogens with two attached hydrogens (primary N) is 1. The first-order valence-corrected chi connectivity index (χ1v) is 8.50. The summed E-state index contributed by atoms with van der Waals surface area (Å²) in [5.74, 6) is 0.000557. The summed E-state index contributed by atoms with van der Waals surface area (Å²) in [4.78, 5) is 19.4. The van der Waals surface area contributed by atoms with Crippen LogP contribution in [0.3, 0.4) is 0 Å². The van der Waals surface area contributed by atoms with Gasteiger partial charge in [0.25, 0.3) is 0 Å². The van der Waals surface area contributed by atoms with E-state index < -0.39 is 0 Å². The Balaban J connectivity index is 2.25. The van der Waals surface area contributed by atoms with Crippen molar-refractivity contribution in [3.8, 4) is 0 Å². The summed E-state index contributed by atoms with van der Waals surface area (Å²) in [6.45, 7) is 6.20. The highest BCUT2D eigenvalue weighted by molar-refractivity contribution is 7.22. The lowest BCUT2D eigenvalue weighted by atomic mass is 10.0. The van der Waals surface area contributed by atoms with E-state index in [9.17, 15) is 4.79 Å². The predicted molar refractivity (Wildman–Crippen MR) is 90.6 cm³/mol. The molecule has 3 aromatic rings. The lowest BCUT2D eigenvalue weighted by molar-refractivity contribution is 0.104. The van der Waals surface area contributed by atoms with Crippen LogP contribution in [0, 0.1) is 13.8 Å². The van der Waals surface area contributed by atoms with Crippen molar-refractivity contribution in [3.63, 3.8) is 0 Å². The zero-order valence-corrected chi connectivity index (χ0v) is 13.8. The molecule has 0 radical (unpaired) electrons. The Labute approximate surface area is 131 Å². The van der Waals surface area contributed by atoms with Crippen LogP contribution in [0.2, 0.25) is 0 Å². The van der Waals surface area contributed by atoms with Crippen molar-refractivity contribution in [2.75, 3.05) is 5.73 Å². The number of rotatable bonds is 3. The second kappa shape index (κ2) is 5.24. The monoisotopic (exact) mass is 316 g/mol. The van der Waals surface area contributed by atoms with Crippen LogP contribution in [0.25, 0.3) is 10.2 Å². The van der Waals surface area contributed by atoms with Gasteiger partial charge in [-0.25, -0.2) is 4.98 Å². The van der Waals surface area contributed by atoms with Gasteiger partial charge in [-0.2, -0.15) is 0 Å². The number of carbonyl (C=O) groups is 1. The molecule has 0 spiro atoms. The molecule has 0 saturated heterocycles. The number of ketones is 1. The summed E-state index contributed by atoms with van der Waals surface area (Å²) < 4.78 is 0. The molecule has 3 heterocycles. The van der Waals surface area contributed by atoms with Crippen molar-refractivity contribution < 1.29 is 4.79 Å². The van der Waals surface area contributed by atoms with E-state index in [1.165, 1.54) is 28.2 Å². The molecule has 2 N–H and O–H groups in total. The average Bonchev–Trinajstić information content (AvgIpc) is 3.07. The number of hydrogen-bond donors (Lipinski definition) is 1. The first-order chi connectivity index (χ1) is 10.0. The number of hydrogen-bond acceptors (Lipinski definition) is 5. The van der Waals surface area contributed by atoms with Gasteiger partial charge in [-0.05, 0) is 42.8 Å². The van der Waals surface area contributed by atoms with Gasteiger partial charge in [0.05, 0.1) is 10.6 Å². The summed E-state index contributed by atoms with van der Waals surface area (Å²) in [7, 11) is 0. The Kier molecular flexibility index (Phi) is 3.55. The third-order valence-electron chi connectivity index (χ3n) is 3.76. The molecule has 108 valence electrons. The second-order valence-corrected chi connectivity index (χ2v) is 6.93. The zero-order chi connectivity index (χ0) is 15.1. The van der Waals surface area contributed by atoms with Crippen LogP contribution in [0.1, 0.15) is 38.3 Å². The molecule has 0 bridgehead atoms. The fourth-order valence-corrected chi connectivity index (χ4v) is 4.61. The van der Waals surface area contributed by atoms with Gasteiger partial charge in [0.2, 0.25) is 5.78 Å². The molecular weight excluding hydrogens is 300 g/mol. The van der Waals surface area contributed by atoms with E-state index in [-0.39, 0.29) is 5.78 Å². The highest BCUT2D eigenvalue weighted by Crippen LogP contribution is 2.38. The summed E-state index contributed by atoms with van der Waals surface area (Å²) in [5, 5.41) is 2.85. The van der Waals surface area contributed by atoms with Crippen molar-refractivity contribution >= 4 is 44.4 Å². The van der Waals surface area contributed by atoms with E-state index in [1.54, 1.807) is 0 Å². The lowest BCUT2D eigenvalue weighted by Crippen LogP contribution is -2.00. The van der Waals surface area contributed by atoms with E-state index in [2.05, 4.69) is 18.8 Å². The molecule has 0 amide bonds. The molecule has 5 heteroatoms. The Morgan fingerprint density at radius 1 is 1.38 bits per heavy atom. The summed E-state index contributed by atoms with van der Waals surface area (Å²) in [6, 6.07) is 3.71. The Hall–Kier alpha value is -1.72. The van der Waals surface area contributed by atoms with Crippen LogP contribution in [0.5, 0.6) is 0 Å². The van der Waals surface area contributed by atoms with Crippen molar-refractivity contribution in [3.05, 3.63) is 44.1 Å². The van der Waals surface area contributed by atoms with Gasteiger partial charge in [0.1, 0.15) is 9.71 Å². The standard InChI is InChI=1S/C16H16N2OS2/c1-4-10-8(2)12-13(17)15(21-16(12)18-9(10)3)14(19)11-6-5-7-20-11/h5-7H,4,17H2,1-3H3. The van der Waals surface area contributed by atoms with Crippen molar-refractivity contribution in [2.45, 2.75) is 27.2 Å². The summed E-state index contributed by atoms with van der Waals surface area (Å²) in [5.41, 5.74) is 10.3. The number of carbonyl (C=O) groups excluding carboxylic acids is 1. The quantitative estimate of drug-likeness (QED) is 0.731. The summed E-state index contributed by atoms with van der Waals surface area (Å²) in [6.07, 6.45) is 0.921. The van der Waals surface area contributed by atoms with E-state index >= 15 is 0 Å². The molecule has 0 saturated carbocycles. The molecule has 0 aliphatic heterocycles. The minimum Gasteiger partial charge on any atom is -0.397 e. The van der Waals surface area contributed by atoms with Crippen molar-refractivity contribution in [1.29, 1.82) is 0 Å². The molecule has 0 unspecified atom stereocenters. The molecule has 0 fully saturated rings. The summed E-state index contributed by atoms with van der Waals surface area (Å²) >= 11 is 2.84. The second-order valence-electron chi connectivity index (χ2n) is 4.99. The Morgan fingerprint density at radius 3 is 2.76 bits per heavy atom. The Bertz CT molecular complexity index is 832. The van der Waals surface area contributed by atoms with Crippen molar-refractivity contribution in [1.82, 2.24) is 4.98 Å². The van der Waals surface area contributed by atoms with Gasteiger partial charge >= 0.3 is 0 Å². The molecule has 0 aromatic carbocycles. The highest BCUT2D eigenvalue weighted by atomic mass is 32.1. The maximum atomic E-state index is 12.6. The van der Waals surface area contributed by atoms with Gasteiger partial charge in [-0.15, -0.1) is 22.7 Å². The molecule has 3 nitrogen and oxygen atoms in total. The van der Waals surface area contributed by atoms with Crippen LogP contribution >= 0.6 is 22.7 Å². The molecule has 21 heavy (non-hydrogen) atoms. The maximum absolute atomic E-state index is 12.6. The third-order valence-corrected chi connectivity index (χ3v) is 5.73. The molecule has 0 aliphatic rings. The van der Waals surface area contributed by atoms with Crippen LogP contribution < -0.4 is 5.73 Å². The topological polar surface area (TPSA) is 56.0 Å². The smallest absolute Gasteiger partial charge is 0.215 e. The first-order valence-electron chi connectivity index (χ1n) is 6.80. The Morgan fingerprint density at radius 2 is 2.14 bits per heavy atom. The van der Waals surface area contributed by atoms with Crippen molar-refractivity contribution in [2.24, 2.45) is 0 Å². The fourth-order valence-electron chi connectivity index (χ4n) is 2.72. The van der Waals surface area contributed by atoms with E-state index in [0.717, 1.165) is 32.8 Å². The fraction of sp³-hybridized carbons (Fsp3) is 0.250. The minimum absolute atomic E-state index is 0.000557. The molecule has 0 atom stereocenters. The zero-order valence-electron chi connectivity index (χ0n) is 12.2. The molecule has 3 aromatic heterocycles. The molecular formula is C16H16N2OS2. The SMILES string of the molecule is CCc1c(C)nc2sc(C(=O)c3cccs3)c(N)c2c1C. The van der Waals surface area contributed by atoms with Gasteiger partial charge in [-0.3, -0.25) is 4.79 Å². The first kappa shape index (κ1) is 14.2. The van der Waals surface area contributed by atoms with Gasteiger partial charge in [0, 0.05) is 11.1 Å². The van der Waals surface area contributed by atoms with Crippen LogP contribution in [-0.4, -0.2) is 10.8 Å². The van der Waals surface area contributed by atoms with Crippen LogP contribution in [-0.2, 0) is 6.42 Å². The number of aryl methyl sites for hydroxylation is 2. The van der Waals surface area contributed by atoms with Crippen LogP contribution in [0.15, 0.2) is 17.5 Å². The predicted octanol–water partition coefficient (Wildman–Crippen LogP) is 4.35. The van der Waals surface area contributed by atoms with Gasteiger partial charge < -0.3 is 5.73 Å². The molecule has 3 rings (SSSR count). The van der Waals surface area contributed by atoms with E-state index in [0.29, 0.717) is 10.6 Å². The number of fused-ring (bicyclic) bond motifs is 1. The van der Waals surface area contributed by atoms with E-state index in [1.807, 2.05) is 24.4 Å². The normalized spacial score (nSPS) is 11.2. The largest absolute Gasteiger partial charge is 0.397 e. The number of thiophene rings is 2. The highest BCUT2D eigenvalue weighted by Gasteiger charge is 2.22. The number of aromatic nitrogens is 1. The van der Waals surface area contributed by atoms with E-state index in [4.69, 9.17) is 5.73 Å². The third kappa shape index (κ3) is 2.17. The number of nitrogens with zero attached hydrogens (tertiary/aromatic N) is 1. The van der Waals surface area contributed by atoms with Gasteiger partial charge in [-0.1, -0.05) is 13.0 Å².